The molecule has 1 atom stereocenters. The first kappa shape index (κ1) is 16.1. The van der Waals surface area contributed by atoms with Crippen molar-refractivity contribution in [1.82, 2.24) is 15.2 Å². The molecule has 2 N–H and O–H groups in total. The summed E-state index contributed by atoms with van der Waals surface area (Å²) in [6.45, 7) is 3.72. The molecule has 1 unspecified atom stereocenters. The summed E-state index contributed by atoms with van der Waals surface area (Å²) in [5.41, 5.74) is 1.56. The van der Waals surface area contributed by atoms with Gasteiger partial charge in [-0.1, -0.05) is 36.0 Å². The van der Waals surface area contributed by atoms with Gasteiger partial charge in [0.15, 0.2) is 5.82 Å². The van der Waals surface area contributed by atoms with E-state index in [1.54, 1.807) is 24.7 Å². The van der Waals surface area contributed by atoms with Crippen molar-refractivity contribution >= 4 is 23.4 Å². The van der Waals surface area contributed by atoms with Crippen molar-refractivity contribution in [2.75, 3.05) is 5.32 Å². The van der Waals surface area contributed by atoms with E-state index in [1.165, 1.54) is 11.8 Å². The summed E-state index contributed by atoms with van der Waals surface area (Å²) in [7, 11) is 0. The predicted molar refractivity (Wildman–Crippen MR) is 93.6 cm³/mol. The number of carbonyl (C=O) groups is 1. The maximum atomic E-state index is 12.5. The third-order valence-corrected chi connectivity index (χ3v) is 4.31. The van der Waals surface area contributed by atoms with Gasteiger partial charge in [-0.25, -0.2) is 4.98 Å². The Morgan fingerprint density at radius 2 is 2.21 bits per heavy atom. The first-order chi connectivity index (χ1) is 11.8. The van der Waals surface area contributed by atoms with E-state index in [0.29, 0.717) is 17.4 Å². The maximum Gasteiger partial charge on any atom is 0.238 e. The Morgan fingerprint density at radius 1 is 1.38 bits per heavy atom. The van der Waals surface area contributed by atoms with E-state index in [4.69, 9.17) is 4.42 Å². The minimum atomic E-state index is -0.365. The molecule has 1 amide bonds. The largest absolute Gasteiger partial charge is 0.472 e. The molecule has 6 nitrogen and oxygen atoms in total. The zero-order chi connectivity index (χ0) is 16.8. The van der Waals surface area contributed by atoms with Crippen molar-refractivity contribution in [3.8, 4) is 11.4 Å². The van der Waals surface area contributed by atoms with Crippen molar-refractivity contribution in [2.24, 2.45) is 0 Å². The molecule has 3 rings (SSSR count). The molecule has 0 saturated carbocycles. The summed E-state index contributed by atoms with van der Waals surface area (Å²) in [6.07, 6.45) is 5.38. The van der Waals surface area contributed by atoms with Crippen molar-refractivity contribution in [3.63, 3.8) is 0 Å². The van der Waals surface area contributed by atoms with Crippen LogP contribution in [-0.4, -0.2) is 26.3 Å². The molecule has 7 heteroatoms. The van der Waals surface area contributed by atoms with Gasteiger partial charge in [-0.15, -0.1) is 11.7 Å². The molecular formula is C17H16N4O2S. The Kier molecular flexibility index (Phi) is 5.12. The Bertz CT molecular complexity index is 799. The van der Waals surface area contributed by atoms with Crippen LogP contribution in [-0.2, 0) is 4.79 Å². The fourth-order valence-corrected chi connectivity index (χ4v) is 2.95. The van der Waals surface area contributed by atoms with Crippen LogP contribution in [0.2, 0.25) is 0 Å². The third kappa shape index (κ3) is 3.94. The Hall–Kier alpha value is -2.80. The average Bonchev–Trinajstić information content (AvgIpc) is 3.26. The van der Waals surface area contributed by atoms with E-state index in [2.05, 4.69) is 27.1 Å². The highest BCUT2D eigenvalue weighted by atomic mass is 32.2. The molecule has 24 heavy (non-hydrogen) atoms. The van der Waals surface area contributed by atoms with Gasteiger partial charge in [0.05, 0.1) is 17.1 Å². The van der Waals surface area contributed by atoms with Gasteiger partial charge >= 0.3 is 0 Å². The standard InChI is InChI=1S/C17H16N4O2S/c1-2-6-14(16(22)18-13-7-4-3-5-8-13)24-17-19-15(20-21-17)12-9-10-23-11-12/h2-5,7-11,14H,1,6H2,(H,18,22)(H,19,20,21). The van der Waals surface area contributed by atoms with E-state index < -0.39 is 0 Å². The van der Waals surface area contributed by atoms with Crippen LogP contribution in [0, 0.1) is 0 Å². The summed E-state index contributed by atoms with van der Waals surface area (Å²) >= 11 is 1.29. The lowest BCUT2D eigenvalue weighted by atomic mass is 10.2. The van der Waals surface area contributed by atoms with Crippen molar-refractivity contribution < 1.29 is 9.21 Å². The first-order valence-corrected chi connectivity index (χ1v) is 8.22. The van der Waals surface area contributed by atoms with Gasteiger partial charge in [0.25, 0.3) is 0 Å². The molecule has 0 bridgehead atoms. The number of nitrogens with one attached hydrogen (secondary N) is 2. The number of hydrogen-bond acceptors (Lipinski definition) is 5. The summed E-state index contributed by atoms with van der Waals surface area (Å²) in [6, 6.07) is 11.1. The first-order valence-electron chi connectivity index (χ1n) is 7.34. The molecule has 0 spiro atoms. The van der Waals surface area contributed by atoms with Crippen LogP contribution < -0.4 is 5.32 Å². The fraction of sp³-hybridized carbons (Fsp3) is 0.118. The normalized spacial score (nSPS) is 11.8. The van der Waals surface area contributed by atoms with E-state index in [0.717, 1.165) is 11.3 Å². The lowest BCUT2D eigenvalue weighted by molar-refractivity contribution is -0.115. The van der Waals surface area contributed by atoms with Crippen LogP contribution in [0.15, 0.2) is 71.2 Å². The number of aromatic nitrogens is 3. The number of hydrogen-bond donors (Lipinski definition) is 2. The van der Waals surface area contributed by atoms with Crippen molar-refractivity contribution in [1.29, 1.82) is 0 Å². The zero-order valence-corrected chi connectivity index (χ0v) is 13.6. The highest BCUT2D eigenvalue weighted by molar-refractivity contribution is 8.00. The highest BCUT2D eigenvalue weighted by Gasteiger charge is 2.21. The maximum absolute atomic E-state index is 12.5. The van der Waals surface area contributed by atoms with Gasteiger partial charge in [-0.2, -0.15) is 0 Å². The number of para-hydroxylation sites is 1. The minimum absolute atomic E-state index is 0.110. The van der Waals surface area contributed by atoms with E-state index in [1.807, 2.05) is 30.3 Å². The molecule has 2 aromatic heterocycles. The van der Waals surface area contributed by atoms with Gasteiger partial charge in [0.2, 0.25) is 11.1 Å². The second-order valence-electron chi connectivity index (χ2n) is 4.96. The van der Waals surface area contributed by atoms with E-state index >= 15 is 0 Å². The van der Waals surface area contributed by atoms with Crippen molar-refractivity contribution in [2.45, 2.75) is 16.8 Å². The van der Waals surface area contributed by atoms with Crippen LogP contribution in [0.3, 0.4) is 0 Å². The molecule has 0 aliphatic carbocycles. The second kappa shape index (κ2) is 7.65. The van der Waals surface area contributed by atoms with Gasteiger partial charge in [0.1, 0.15) is 6.26 Å². The fourth-order valence-electron chi connectivity index (χ4n) is 2.06. The average molecular weight is 340 g/mol. The Labute approximate surface area is 143 Å². The predicted octanol–water partition coefficient (Wildman–Crippen LogP) is 3.74. The smallest absolute Gasteiger partial charge is 0.238 e. The number of H-pyrrole nitrogens is 1. The quantitative estimate of drug-likeness (QED) is 0.505. The van der Waals surface area contributed by atoms with Gasteiger partial charge in [-0.05, 0) is 24.6 Å². The number of aromatic amines is 1. The van der Waals surface area contributed by atoms with Crippen LogP contribution >= 0.6 is 11.8 Å². The number of rotatable bonds is 7. The summed E-state index contributed by atoms with van der Waals surface area (Å²) in [5.74, 6) is 0.493. The molecule has 1 aromatic carbocycles. The zero-order valence-electron chi connectivity index (χ0n) is 12.8. The van der Waals surface area contributed by atoms with Crippen molar-refractivity contribution in [3.05, 3.63) is 61.6 Å². The summed E-state index contributed by atoms with van der Waals surface area (Å²) in [5, 5.41) is 10.0. The SMILES string of the molecule is C=CCC(Sc1n[nH]c(-c2ccoc2)n1)C(=O)Nc1ccccc1. The Morgan fingerprint density at radius 3 is 2.92 bits per heavy atom. The van der Waals surface area contributed by atoms with E-state index in [9.17, 15) is 4.79 Å². The molecular weight excluding hydrogens is 324 g/mol. The molecule has 2 heterocycles. The summed E-state index contributed by atoms with van der Waals surface area (Å²) < 4.78 is 5.03. The second-order valence-corrected chi connectivity index (χ2v) is 6.13. The Balaban J connectivity index is 1.69. The van der Waals surface area contributed by atoms with Gasteiger partial charge in [-0.3, -0.25) is 9.89 Å². The molecule has 3 aromatic rings. The number of anilines is 1. The van der Waals surface area contributed by atoms with Crippen LogP contribution in [0.1, 0.15) is 6.42 Å². The number of carbonyl (C=O) groups excluding carboxylic acids is 1. The van der Waals surface area contributed by atoms with Crippen LogP contribution in [0.25, 0.3) is 11.4 Å². The molecule has 0 fully saturated rings. The van der Waals surface area contributed by atoms with Gasteiger partial charge in [0, 0.05) is 5.69 Å². The number of amides is 1. The molecule has 0 aliphatic rings. The molecule has 122 valence electrons. The number of benzene rings is 1. The number of thioether (sulfide) groups is 1. The van der Waals surface area contributed by atoms with Gasteiger partial charge < -0.3 is 9.73 Å². The highest BCUT2D eigenvalue weighted by Crippen LogP contribution is 2.26. The topological polar surface area (TPSA) is 83.8 Å². The molecule has 0 saturated heterocycles. The lowest BCUT2D eigenvalue weighted by Crippen LogP contribution is -2.24. The monoisotopic (exact) mass is 340 g/mol. The molecule has 0 radical (unpaired) electrons. The third-order valence-electron chi connectivity index (χ3n) is 3.22. The lowest BCUT2D eigenvalue weighted by Gasteiger charge is -2.13. The summed E-state index contributed by atoms with van der Waals surface area (Å²) in [4.78, 5) is 16.9. The minimum Gasteiger partial charge on any atom is -0.472 e. The number of allylic oxidation sites excluding steroid dienone is 1. The van der Waals surface area contributed by atoms with Crippen LogP contribution in [0.5, 0.6) is 0 Å². The number of furan rings is 1. The molecule has 0 aliphatic heterocycles. The van der Waals surface area contributed by atoms with Crippen LogP contribution in [0.4, 0.5) is 5.69 Å². The number of nitrogens with zero attached hydrogens (tertiary/aromatic N) is 2. The van der Waals surface area contributed by atoms with E-state index in [-0.39, 0.29) is 11.2 Å².